The van der Waals surface area contributed by atoms with Crippen LogP contribution in [0.15, 0.2) is 60.9 Å². The normalized spacial score (nSPS) is 10.4. The zero-order valence-corrected chi connectivity index (χ0v) is 16.2. The summed E-state index contributed by atoms with van der Waals surface area (Å²) in [6.45, 7) is 5.65. The van der Waals surface area contributed by atoms with Gasteiger partial charge in [0.1, 0.15) is 0 Å². The Bertz CT molecular complexity index is 1030. The Kier molecular flexibility index (Phi) is 5.84. The molecule has 0 unspecified atom stereocenters. The van der Waals surface area contributed by atoms with Crippen LogP contribution >= 0.6 is 0 Å². The van der Waals surface area contributed by atoms with E-state index in [9.17, 15) is 9.59 Å². The number of ketones is 1. The Morgan fingerprint density at radius 2 is 1.71 bits per heavy atom. The summed E-state index contributed by atoms with van der Waals surface area (Å²) in [7, 11) is 0. The van der Waals surface area contributed by atoms with Crippen LogP contribution in [0, 0.1) is 6.92 Å². The summed E-state index contributed by atoms with van der Waals surface area (Å²) in [6, 6.07) is 14.8. The number of Topliss-reactive ketones (excluding diaryl/α,β-unsaturated/α-hetero) is 1. The van der Waals surface area contributed by atoms with Crippen LogP contribution in [-0.4, -0.2) is 16.7 Å². The number of aromatic nitrogens is 1. The largest absolute Gasteiger partial charge is 0.354 e. The maximum atomic E-state index is 12.6. The molecule has 2 aromatic carbocycles. The number of nitrogens with one attached hydrogen (secondary N) is 2. The van der Waals surface area contributed by atoms with Crippen molar-refractivity contribution in [2.24, 2.45) is 0 Å². The van der Waals surface area contributed by atoms with Crippen LogP contribution in [0.4, 0.5) is 17.1 Å². The molecule has 3 aromatic rings. The fourth-order valence-electron chi connectivity index (χ4n) is 3.00. The minimum absolute atomic E-state index is 0.0473. The van der Waals surface area contributed by atoms with E-state index in [2.05, 4.69) is 28.6 Å². The summed E-state index contributed by atoms with van der Waals surface area (Å²) in [5.74, 6) is -0.328. The van der Waals surface area contributed by atoms with Crippen molar-refractivity contribution in [3.05, 3.63) is 83.2 Å². The molecule has 0 radical (unpaired) electrons. The summed E-state index contributed by atoms with van der Waals surface area (Å²) in [5.41, 5.74) is 5.69. The van der Waals surface area contributed by atoms with Crippen molar-refractivity contribution in [2.45, 2.75) is 27.2 Å². The van der Waals surface area contributed by atoms with E-state index in [1.807, 2.05) is 19.1 Å². The van der Waals surface area contributed by atoms with Crippen molar-refractivity contribution >= 4 is 28.8 Å². The first-order valence-corrected chi connectivity index (χ1v) is 9.21. The molecule has 0 bridgehead atoms. The molecule has 5 nitrogen and oxygen atoms in total. The average Bonchev–Trinajstić information content (AvgIpc) is 2.70. The van der Waals surface area contributed by atoms with E-state index in [0.717, 1.165) is 23.4 Å². The summed E-state index contributed by atoms with van der Waals surface area (Å²) in [6.07, 6.45) is 4.12. The van der Waals surface area contributed by atoms with E-state index in [4.69, 9.17) is 0 Å². The number of hydrogen-bond acceptors (Lipinski definition) is 4. The zero-order chi connectivity index (χ0) is 20.1. The lowest BCUT2D eigenvalue weighted by molar-refractivity contribution is 0.101. The predicted molar refractivity (Wildman–Crippen MR) is 112 cm³/mol. The van der Waals surface area contributed by atoms with Gasteiger partial charge in [0.2, 0.25) is 0 Å². The van der Waals surface area contributed by atoms with E-state index in [1.54, 1.807) is 36.5 Å². The molecule has 0 fully saturated rings. The standard InChI is InChI=1S/C23H23N3O2/c1-4-17-8-5-7-15(2)22(17)25-21-12-19(13-24-14-21)23(28)26-20-10-6-9-18(11-20)16(3)27/h5-14,25H,4H2,1-3H3,(H,26,28). The first-order valence-electron chi connectivity index (χ1n) is 9.21. The monoisotopic (exact) mass is 373 g/mol. The fraction of sp³-hybridized carbons (Fsp3) is 0.174. The Labute approximate surface area is 164 Å². The van der Waals surface area contributed by atoms with E-state index >= 15 is 0 Å². The Hall–Kier alpha value is -3.47. The fourth-order valence-corrected chi connectivity index (χ4v) is 3.00. The number of nitrogens with zero attached hydrogens (tertiary/aromatic N) is 1. The first-order chi connectivity index (χ1) is 13.5. The van der Waals surface area contributed by atoms with Gasteiger partial charge in [0.05, 0.1) is 17.4 Å². The Balaban J connectivity index is 1.81. The number of anilines is 3. The molecule has 0 saturated heterocycles. The molecule has 3 rings (SSSR count). The molecule has 1 heterocycles. The Morgan fingerprint density at radius 3 is 2.46 bits per heavy atom. The van der Waals surface area contributed by atoms with Crippen molar-refractivity contribution in [3.63, 3.8) is 0 Å². The molecule has 1 aromatic heterocycles. The topological polar surface area (TPSA) is 71.1 Å². The zero-order valence-electron chi connectivity index (χ0n) is 16.2. The molecule has 0 atom stereocenters. The van der Waals surface area contributed by atoms with Crippen LogP contribution in [0.1, 0.15) is 45.7 Å². The van der Waals surface area contributed by atoms with Gasteiger partial charge in [-0.25, -0.2) is 0 Å². The van der Waals surface area contributed by atoms with Gasteiger partial charge in [0, 0.05) is 23.1 Å². The van der Waals surface area contributed by atoms with Gasteiger partial charge < -0.3 is 10.6 Å². The minimum atomic E-state index is -0.280. The van der Waals surface area contributed by atoms with E-state index in [0.29, 0.717) is 16.8 Å². The number of amides is 1. The molecule has 0 aliphatic carbocycles. The highest BCUT2D eigenvalue weighted by Crippen LogP contribution is 2.25. The maximum Gasteiger partial charge on any atom is 0.257 e. The molecule has 0 saturated carbocycles. The van der Waals surface area contributed by atoms with Gasteiger partial charge in [-0.15, -0.1) is 0 Å². The number of carbonyl (C=O) groups excluding carboxylic acids is 2. The van der Waals surface area contributed by atoms with Crippen LogP contribution in [-0.2, 0) is 6.42 Å². The lowest BCUT2D eigenvalue weighted by Crippen LogP contribution is -2.13. The molecule has 142 valence electrons. The SMILES string of the molecule is CCc1cccc(C)c1Nc1cncc(C(=O)Nc2cccc(C(C)=O)c2)c1. The Morgan fingerprint density at radius 1 is 0.964 bits per heavy atom. The second-order valence-corrected chi connectivity index (χ2v) is 6.64. The predicted octanol–water partition coefficient (Wildman–Crippen LogP) is 5.15. The second kappa shape index (κ2) is 8.48. The molecule has 0 aliphatic heterocycles. The van der Waals surface area contributed by atoms with Crippen molar-refractivity contribution in [2.75, 3.05) is 10.6 Å². The van der Waals surface area contributed by atoms with E-state index in [1.165, 1.54) is 18.7 Å². The van der Waals surface area contributed by atoms with Crippen molar-refractivity contribution < 1.29 is 9.59 Å². The molecule has 0 aliphatic rings. The van der Waals surface area contributed by atoms with Crippen LogP contribution in [0.2, 0.25) is 0 Å². The number of hydrogen-bond donors (Lipinski definition) is 2. The maximum absolute atomic E-state index is 12.6. The third kappa shape index (κ3) is 4.43. The molecule has 0 spiro atoms. The van der Waals surface area contributed by atoms with E-state index in [-0.39, 0.29) is 11.7 Å². The minimum Gasteiger partial charge on any atom is -0.354 e. The molecule has 28 heavy (non-hydrogen) atoms. The number of para-hydroxylation sites is 1. The van der Waals surface area contributed by atoms with Gasteiger partial charge in [-0.2, -0.15) is 0 Å². The lowest BCUT2D eigenvalue weighted by Gasteiger charge is -2.14. The van der Waals surface area contributed by atoms with Gasteiger partial charge in [-0.1, -0.05) is 37.3 Å². The third-order valence-electron chi connectivity index (χ3n) is 4.54. The van der Waals surface area contributed by atoms with Crippen LogP contribution < -0.4 is 10.6 Å². The summed E-state index contributed by atoms with van der Waals surface area (Å²) in [5, 5.41) is 6.21. The van der Waals surface area contributed by atoms with Gasteiger partial charge in [-0.3, -0.25) is 14.6 Å². The summed E-state index contributed by atoms with van der Waals surface area (Å²) >= 11 is 0. The third-order valence-corrected chi connectivity index (χ3v) is 4.54. The van der Waals surface area contributed by atoms with E-state index < -0.39 is 0 Å². The van der Waals surface area contributed by atoms with Crippen molar-refractivity contribution in [1.82, 2.24) is 4.98 Å². The highest BCUT2D eigenvalue weighted by Gasteiger charge is 2.10. The summed E-state index contributed by atoms with van der Waals surface area (Å²) < 4.78 is 0. The molecular weight excluding hydrogens is 350 g/mol. The van der Waals surface area contributed by atoms with Gasteiger partial charge in [0.15, 0.2) is 5.78 Å². The van der Waals surface area contributed by atoms with Gasteiger partial charge >= 0.3 is 0 Å². The highest BCUT2D eigenvalue weighted by atomic mass is 16.1. The molecule has 1 amide bonds. The number of pyridine rings is 1. The van der Waals surface area contributed by atoms with Crippen molar-refractivity contribution in [1.29, 1.82) is 0 Å². The van der Waals surface area contributed by atoms with Gasteiger partial charge in [-0.05, 0) is 49.6 Å². The van der Waals surface area contributed by atoms with Crippen molar-refractivity contribution in [3.8, 4) is 0 Å². The quantitative estimate of drug-likeness (QED) is 0.586. The second-order valence-electron chi connectivity index (χ2n) is 6.64. The number of rotatable bonds is 6. The summed E-state index contributed by atoms with van der Waals surface area (Å²) in [4.78, 5) is 28.3. The highest BCUT2D eigenvalue weighted by molar-refractivity contribution is 6.05. The van der Waals surface area contributed by atoms with Crippen LogP contribution in [0.25, 0.3) is 0 Å². The average molecular weight is 373 g/mol. The molecule has 2 N–H and O–H groups in total. The molecular formula is C23H23N3O2. The molecule has 5 heteroatoms. The number of carbonyl (C=O) groups is 2. The number of benzene rings is 2. The lowest BCUT2D eigenvalue weighted by atomic mass is 10.1. The van der Waals surface area contributed by atoms with Crippen LogP contribution in [0.3, 0.4) is 0 Å². The smallest absolute Gasteiger partial charge is 0.257 e. The van der Waals surface area contributed by atoms with Gasteiger partial charge in [0.25, 0.3) is 5.91 Å². The van der Waals surface area contributed by atoms with Crippen LogP contribution in [0.5, 0.6) is 0 Å². The first kappa shape index (κ1) is 19.3. The number of aryl methyl sites for hydroxylation is 2.